The van der Waals surface area contributed by atoms with Gasteiger partial charge in [0.2, 0.25) is 10.0 Å². The molecule has 0 aliphatic heterocycles. The summed E-state index contributed by atoms with van der Waals surface area (Å²) in [5.74, 6) is -0.0411. The van der Waals surface area contributed by atoms with Gasteiger partial charge in [-0.1, -0.05) is 41.4 Å². The summed E-state index contributed by atoms with van der Waals surface area (Å²) in [4.78, 5) is 11.8. The molecule has 0 fully saturated rings. The second-order valence-electron chi connectivity index (χ2n) is 4.91. The molecule has 0 atom stereocenters. The van der Waals surface area contributed by atoms with Crippen molar-refractivity contribution >= 4 is 51.8 Å². The van der Waals surface area contributed by atoms with Crippen LogP contribution in [-0.4, -0.2) is 33.3 Å². The maximum Gasteiger partial charge on any atom is 0.349 e. The van der Waals surface area contributed by atoms with Crippen LogP contribution in [0.5, 0.6) is 11.5 Å². The molecule has 0 saturated carbocycles. The molecule has 0 heterocycles. The van der Waals surface area contributed by atoms with E-state index in [0.717, 1.165) is 12.1 Å². The molecule has 0 saturated heterocycles. The van der Waals surface area contributed by atoms with Crippen LogP contribution < -0.4 is 14.2 Å². The van der Waals surface area contributed by atoms with Gasteiger partial charge in [-0.3, -0.25) is 0 Å². The quantitative estimate of drug-likeness (QED) is 0.378. The lowest BCUT2D eigenvalue weighted by Crippen LogP contribution is -2.25. The lowest BCUT2D eigenvalue weighted by Gasteiger charge is -2.12. The SMILES string of the molecule is O=C(COc1ccccc1)Oc1c(Cl)cc(S(=O)(=O)NCCS)cc1Cl. The number of nitrogens with one attached hydrogen (secondary N) is 1. The number of benzene rings is 2. The molecule has 0 bridgehead atoms. The number of para-hydroxylation sites is 1. The highest BCUT2D eigenvalue weighted by Crippen LogP contribution is 2.35. The molecule has 6 nitrogen and oxygen atoms in total. The zero-order valence-electron chi connectivity index (χ0n) is 13.3. The van der Waals surface area contributed by atoms with Crippen molar-refractivity contribution in [3.63, 3.8) is 0 Å². The molecule has 0 spiro atoms. The number of thiol groups is 1. The van der Waals surface area contributed by atoms with E-state index in [1.165, 1.54) is 0 Å². The highest BCUT2D eigenvalue weighted by Gasteiger charge is 2.20. The Bertz CT molecular complexity index is 852. The van der Waals surface area contributed by atoms with Crippen LogP contribution in [0.15, 0.2) is 47.4 Å². The summed E-state index contributed by atoms with van der Waals surface area (Å²) in [6, 6.07) is 11.0. The number of carbonyl (C=O) groups excluding carboxylic acids is 1. The van der Waals surface area contributed by atoms with Gasteiger partial charge in [0.15, 0.2) is 12.4 Å². The summed E-state index contributed by atoms with van der Waals surface area (Å²) in [5, 5.41) is -0.228. The number of rotatable bonds is 8. The zero-order valence-corrected chi connectivity index (χ0v) is 16.5. The van der Waals surface area contributed by atoms with Crippen LogP contribution in [0.4, 0.5) is 0 Å². The average molecular weight is 436 g/mol. The van der Waals surface area contributed by atoms with Crippen molar-refractivity contribution in [2.75, 3.05) is 18.9 Å². The Morgan fingerprint density at radius 3 is 2.31 bits per heavy atom. The minimum Gasteiger partial charge on any atom is -0.482 e. The van der Waals surface area contributed by atoms with E-state index in [-0.39, 0.29) is 33.8 Å². The van der Waals surface area contributed by atoms with E-state index in [4.69, 9.17) is 32.7 Å². The largest absolute Gasteiger partial charge is 0.482 e. The van der Waals surface area contributed by atoms with E-state index in [9.17, 15) is 13.2 Å². The number of hydrogen-bond acceptors (Lipinski definition) is 6. The molecule has 0 aliphatic carbocycles. The van der Waals surface area contributed by atoms with Gasteiger partial charge in [0, 0.05) is 12.3 Å². The monoisotopic (exact) mass is 435 g/mol. The minimum absolute atomic E-state index is 0.114. The Kier molecular flexibility index (Phi) is 7.60. The van der Waals surface area contributed by atoms with Crippen LogP contribution in [0, 0.1) is 0 Å². The maximum absolute atomic E-state index is 12.1. The molecule has 140 valence electrons. The Labute approximate surface area is 166 Å². The molecule has 2 rings (SSSR count). The summed E-state index contributed by atoms with van der Waals surface area (Å²) in [6.07, 6.45) is 0. The van der Waals surface area contributed by atoms with Gasteiger partial charge >= 0.3 is 5.97 Å². The minimum atomic E-state index is -3.79. The number of carbonyl (C=O) groups is 1. The molecular weight excluding hydrogens is 421 g/mol. The van der Waals surface area contributed by atoms with Gasteiger partial charge in [0.05, 0.1) is 14.9 Å². The number of ether oxygens (including phenoxy) is 2. The maximum atomic E-state index is 12.1. The zero-order chi connectivity index (χ0) is 19.2. The van der Waals surface area contributed by atoms with Crippen molar-refractivity contribution in [2.24, 2.45) is 0 Å². The summed E-state index contributed by atoms with van der Waals surface area (Å²) in [7, 11) is -3.79. The van der Waals surface area contributed by atoms with E-state index in [1.807, 2.05) is 6.07 Å². The Hall–Kier alpha value is -1.45. The highest BCUT2D eigenvalue weighted by atomic mass is 35.5. The van der Waals surface area contributed by atoms with Crippen LogP contribution >= 0.6 is 35.8 Å². The molecule has 0 aromatic heterocycles. The van der Waals surface area contributed by atoms with Crippen molar-refractivity contribution < 1.29 is 22.7 Å². The van der Waals surface area contributed by atoms with Gasteiger partial charge in [0.25, 0.3) is 0 Å². The van der Waals surface area contributed by atoms with E-state index in [0.29, 0.717) is 11.5 Å². The number of hydrogen-bond donors (Lipinski definition) is 2. The summed E-state index contributed by atoms with van der Waals surface area (Å²) in [5.41, 5.74) is 0. The van der Waals surface area contributed by atoms with Gasteiger partial charge < -0.3 is 9.47 Å². The van der Waals surface area contributed by atoms with Gasteiger partial charge in [-0.05, 0) is 24.3 Å². The van der Waals surface area contributed by atoms with Crippen molar-refractivity contribution in [3.8, 4) is 11.5 Å². The van der Waals surface area contributed by atoms with Crippen LogP contribution in [-0.2, 0) is 14.8 Å². The normalized spacial score (nSPS) is 11.2. The highest BCUT2D eigenvalue weighted by molar-refractivity contribution is 7.89. The Morgan fingerprint density at radius 1 is 1.12 bits per heavy atom. The molecule has 0 radical (unpaired) electrons. The standard InChI is InChI=1S/C16H15Cl2NO5S2/c17-13-8-12(26(21,22)19-6-7-25)9-14(18)16(13)24-15(20)10-23-11-4-2-1-3-5-11/h1-5,8-9,19,25H,6-7,10H2. The van der Waals surface area contributed by atoms with Gasteiger partial charge in [0.1, 0.15) is 5.75 Å². The first kappa shape index (κ1) is 20.9. The van der Waals surface area contributed by atoms with Crippen molar-refractivity contribution in [1.82, 2.24) is 4.72 Å². The van der Waals surface area contributed by atoms with Crippen LogP contribution in [0.2, 0.25) is 10.0 Å². The van der Waals surface area contributed by atoms with E-state index >= 15 is 0 Å². The summed E-state index contributed by atoms with van der Waals surface area (Å²) >= 11 is 16.0. The van der Waals surface area contributed by atoms with Crippen molar-refractivity contribution in [2.45, 2.75) is 4.90 Å². The lowest BCUT2D eigenvalue weighted by atomic mass is 10.3. The number of esters is 1. The first-order valence-electron chi connectivity index (χ1n) is 7.31. The molecular formula is C16H15Cl2NO5S2. The Balaban J connectivity index is 2.09. The third kappa shape index (κ3) is 5.78. The fourth-order valence-corrected chi connectivity index (χ4v) is 3.90. The molecule has 26 heavy (non-hydrogen) atoms. The fourth-order valence-electron chi connectivity index (χ4n) is 1.85. The van der Waals surface area contributed by atoms with Gasteiger partial charge in [-0.2, -0.15) is 12.6 Å². The third-order valence-corrected chi connectivity index (χ3v) is 5.23. The van der Waals surface area contributed by atoms with Gasteiger partial charge in [-0.15, -0.1) is 0 Å². The summed E-state index contributed by atoms with van der Waals surface area (Å²) in [6.45, 7) is -0.214. The van der Waals surface area contributed by atoms with E-state index in [2.05, 4.69) is 17.4 Å². The Morgan fingerprint density at radius 2 is 1.73 bits per heavy atom. The predicted octanol–water partition coefficient (Wildman–Crippen LogP) is 3.19. The molecule has 0 unspecified atom stereocenters. The van der Waals surface area contributed by atoms with Crippen LogP contribution in [0.1, 0.15) is 0 Å². The van der Waals surface area contributed by atoms with Gasteiger partial charge in [-0.25, -0.2) is 17.9 Å². The lowest BCUT2D eigenvalue weighted by molar-refractivity contribution is -0.136. The fraction of sp³-hybridized carbons (Fsp3) is 0.188. The smallest absolute Gasteiger partial charge is 0.349 e. The predicted molar refractivity (Wildman–Crippen MR) is 103 cm³/mol. The summed E-state index contributed by atoms with van der Waals surface area (Å²) < 4.78 is 36.9. The molecule has 0 amide bonds. The first-order valence-corrected chi connectivity index (χ1v) is 10.2. The molecule has 2 aromatic carbocycles. The van der Waals surface area contributed by atoms with Crippen molar-refractivity contribution in [3.05, 3.63) is 52.5 Å². The average Bonchev–Trinajstić information content (AvgIpc) is 2.62. The molecule has 1 N–H and O–H groups in total. The number of halogens is 2. The van der Waals surface area contributed by atoms with E-state index in [1.54, 1.807) is 24.3 Å². The molecule has 10 heteroatoms. The van der Waals surface area contributed by atoms with E-state index < -0.39 is 16.0 Å². The topological polar surface area (TPSA) is 81.7 Å². The second kappa shape index (κ2) is 9.48. The third-order valence-electron chi connectivity index (χ3n) is 3.00. The van der Waals surface area contributed by atoms with Crippen molar-refractivity contribution in [1.29, 1.82) is 0 Å². The molecule has 0 aliphatic rings. The second-order valence-corrected chi connectivity index (χ2v) is 7.94. The number of sulfonamides is 1. The van der Waals surface area contributed by atoms with Crippen LogP contribution in [0.3, 0.4) is 0 Å². The first-order chi connectivity index (χ1) is 12.3. The molecule has 2 aromatic rings. The van der Waals surface area contributed by atoms with Crippen LogP contribution in [0.25, 0.3) is 0 Å².